The standard InChI is InChI=1S/C21H27N3O3/c1-21(2,3)27-20(25)24-11-8-18(24)15-26-19-12-17(13-23-14-19)5-4-16-6-9-22-10-7-16/h6-7,9-10,12-14,18H,4-5,8,11,15H2,1-3H3/t18-/m0/s1. The topological polar surface area (TPSA) is 64.5 Å². The van der Waals surface area contributed by atoms with E-state index in [4.69, 9.17) is 9.47 Å². The Kier molecular flexibility index (Phi) is 5.94. The summed E-state index contributed by atoms with van der Waals surface area (Å²) in [5.74, 6) is 0.735. The van der Waals surface area contributed by atoms with Crippen molar-refractivity contribution in [3.8, 4) is 5.75 Å². The van der Waals surface area contributed by atoms with E-state index in [9.17, 15) is 4.79 Å². The molecule has 27 heavy (non-hydrogen) atoms. The van der Waals surface area contributed by atoms with E-state index in [0.29, 0.717) is 13.2 Å². The number of rotatable bonds is 6. The number of nitrogens with zero attached hydrogens (tertiary/aromatic N) is 3. The highest BCUT2D eigenvalue weighted by atomic mass is 16.6. The van der Waals surface area contributed by atoms with Crippen molar-refractivity contribution in [1.82, 2.24) is 14.9 Å². The van der Waals surface area contributed by atoms with Gasteiger partial charge in [-0.3, -0.25) is 9.97 Å². The number of pyridine rings is 2. The van der Waals surface area contributed by atoms with E-state index in [1.165, 1.54) is 5.56 Å². The zero-order valence-corrected chi connectivity index (χ0v) is 16.2. The molecule has 0 bridgehead atoms. The molecular formula is C21H27N3O3. The maximum absolute atomic E-state index is 12.2. The van der Waals surface area contributed by atoms with Crippen LogP contribution < -0.4 is 4.74 Å². The van der Waals surface area contributed by atoms with Gasteiger partial charge in [0.25, 0.3) is 0 Å². The van der Waals surface area contributed by atoms with Gasteiger partial charge in [0, 0.05) is 25.1 Å². The van der Waals surface area contributed by atoms with Crippen LogP contribution in [0.5, 0.6) is 5.75 Å². The first-order chi connectivity index (χ1) is 12.9. The number of aromatic nitrogens is 2. The molecule has 1 aliphatic rings. The number of carbonyl (C=O) groups excluding carboxylic acids is 1. The second-order valence-corrected chi connectivity index (χ2v) is 7.81. The maximum Gasteiger partial charge on any atom is 0.410 e. The summed E-state index contributed by atoms with van der Waals surface area (Å²) in [5, 5.41) is 0. The average Bonchev–Trinajstić information content (AvgIpc) is 2.59. The first kappa shape index (κ1) is 19.1. The molecule has 0 unspecified atom stereocenters. The Morgan fingerprint density at radius 1 is 1.15 bits per heavy atom. The fraction of sp³-hybridized carbons (Fsp3) is 0.476. The van der Waals surface area contributed by atoms with E-state index in [-0.39, 0.29) is 12.1 Å². The Balaban J connectivity index is 1.49. The van der Waals surface area contributed by atoms with Crippen molar-refractivity contribution < 1.29 is 14.3 Å². The van der Waals surface area contributed by atoms with Crippen LogP contribution in [0.2, 0.25) is 0 Å². The number of ether oxygens (including phenoxy) is 2. The minimum Gasteiger partial charge on any atom is -0.490 e. The van der Waals surface area contributed by atoms with Gasteiger partial charge in [0.15, 0.2) is 0 Å². The summed E-state index contributed by atoms with van der Waals surface area (Å²) in [6.45, 7) is 6.79. The molecule has 1 fully saturated rings. The molecule has 0 spiro atoms. The zero-order valence-electron chi connectivity index (χ0n) is 16.2. The van der Waals surface area contributed by atoms with E-state index in [0.717, 1.165) is 30.6 Å². The van der Waals surface area contributed by atoms with Crippen molar-refractivity contribution in [3.05, 3.63) is 54.1 Å². The van der Waals surface area contributed by atoms with Crippen molar-refractivity contribution in [3.63, 3.8) is 0 Å². The molecular weight excluding hydrogens is 342 g/mol. The SMILES string of the molecule is CC(C)(C)OC(=O)N1CC[C@H]1COc1cncc(CCc2ccncc2)c1. The average molecular weight is 369 g/mol. The van der Waals surface area contributed by atoms with Crippen LogP contribution in [0.1, 0.15) is 38.3 Å². The molecule has 1 saturated heterocycles. The van der Waals surface area contributed by atoms with Gasteiger partial charge in [-0.1, -0.05) is 0 Å². The zero-order chi connectivity index (χ0) is 19.3. The summed E-state index contributed by atoms with van der Waals surface area (Å²) < 4.78 is 11.3. The summed E-state index contributed by atoms with van der Waals surface area (Å²) in [6.07, 6.45) is 9.67. The fourth-order valence-electron chi connectivity index (χ4n) is 2.88. The summed E-state index contributed by atoms with van der Waals surface area (Å²) in [4.78, 5) is 22.2. The van der Waals surface area contributed by atoms with E-state index >= 15 is 0 Å². The lowest BCUT2D eigenvalue weighted by Gasteiger charge is -2.40. The van der Waals surface area contributed by atoms with Crippen molar-refractivity contribution in [1.29, 1.82) is 0 Å². The minimum atomic E-state index is -0.481. The third-order valence-corrected chi connectivity index (χ3v) is 4.44. The summed E-state index contributed by atoms with van der Waals surface area (Å²) >= 11 is 0. The molecule has 1 atom stereocenters. The highest BCUT2D eigenvalue weighted by molar-refractivity contribution is 5.69. The first-order valence-electron chi connectivity index (χ1n) is 9.36. The van der Waals surface area contributed by atoms with E-state index in [1.54, 1.807) is 11.1 Å². The molecule has 0 radical (unpaired) electrons. The first-order valence-corrected chi connectivity index (χ1v) is 9.36. The van der Waals surface area contributed by atoms with Crippen molar-refractivity contribution in [2.75, 3.05) is 13.2 Å². The van der Waals surface area contributed by atoms with Gasteiger partial charge >= 0.3 is 6.09 Å². The smallest absolute Gasteiger partial charge is 0.410 e. The molecule has 2 aromatic rings. The van der Waals surface area contributed by atoms with Crippen molar-refractivity contribution in [2.24, 2.45) is 0 Å². The molecule has 2 aromatic heterocycles. The van der Waals surface area contributed by atoms with Gasteiger partial charge in [-0.2, -0.15) is 0 Å². The van der Waals surface area contributed by atoms with E-state index in [1.807, 2.05) is 57.6 Å². The van der Waals surface area contributed by atoms with Crippen LogP contribution in [-0.2, 0) is 17.6 Å². The molecule has 6 nitrogen and oxygen atoms in total. The van der Waals surface area contributed by atoms with Gasteiger partial charge in [0.05, 0.1) is 12.2 Å². The highest BCUT2D eigenvalue weighted by Gasteiger charge is 2.35. The number of hydrogen-bond donors (Lipinski definition) is 0. The monoisotopic (exact) mass is 369 g/mol. The molecule has 0 saturated carbocycles. The molecule has 3 rings (SSSR count). The fourth-order valence-corrected chi connectivity index (χ4v) is 2.88. The predicted octanol–water partition coefficient (Wildman–Crippen LogP) is 3.65. The lowest BCUT2D eigenvalue weighted by atomic mass is 10.1. The lowest BCUT2D eigenvalue weighted by Crippen LogP contribution is -2.55. The van der Waals surface area contributed by atoms with Gasteiger partial charge in [0.1, 0.15) is 18.0 Å². The van der Waals surface area contributed by atoms with Crippen LogP contribution in [0.25, 0.3) is 0 Å². The van der Waals surface area contributed by atoms with Gasteiger partial charge in [-0.25, -0.2) is 4.79 Å². The number of carbonyl (C=O) groups is 1. The summed E-state index contributed by atoms with van der Waals surface area (Å²) in [7, 11) is 0. The Hall–Kier alpha value is -2.63. The van der Waals surface area contributed by atoms with Gasteiger partial charge in [0.2, 0.25) is 0 Å². The number of likely N-dealkylation sites (tertiary alicyclic amines) is 1. The molecule has 6 heteroatoms. The molecule has 0 N–H and O–H groups in total. The molecule has 0 aliphatic carbocycles. The Labute approximate surface area is 160 Å². The Morgan fingerprint density at radius 2 is 1.89 bits per heavy atom. The van der Waals surface area contributed by atoms with Gasteiger partial charge < -0.3 is 14.4 Å². The third-order valence-electron chi connectivity index (χ3n) is 4.44. The molecule has 144 valence electrons. The molecule has 0 aromatic carbocycles. The minimum absolute atomic E-state index is 0.0559. The van der Waals surface area contributed by atoms with Gasteiger partial charge in [-0.05, 0) is 69.4 Å². The molecule has 1 amide bonds. The summed E-state index contributed by atoms with van der Waals surface area (Å²) in [6, 6.07) is 6.12. The number of amides is 1. The predicted molar refractivity (Wildman–Crippen MR) is 103 cm³/mol. The summed E-state index contributed by atoms with van der Waals surface area (Å²) in [5.41, 5.74) is 1.89. The van der Waals surface area contributed by atoms with Crippen LogP contribution in [0.3, 0.4) is 0 Å². The van der Waals surface area contributed by atoms with Crippen LogP contribution >= 0.6 is 0 Å². The Morgan fingerprint density at radius 3 is 2.56 bits per heavy atom. The van der Waals surface area contributed by atoms with Gasteiger partial charge in [-0.15, -0.1) is 0 Å². The van der Waals surface area contributed by atoms with E-state index < -0.39 is 5.60 Å². The number of hydrogen-bond acceptors (Lipinski definition) is 5. The second-order valence-electron chi connectivity index (χ2n) is 7.81. The normalized spacial score (nSPS) is 16.6. The molecule has 3 heterocycles. The second kappa shape index (κ2) is 8.37. The molecule has 1 aliphatic heterocycles. The van der Waals surface area contributed by atoms with Crippen molar-refractivity contribution in [2.45, 2.75) is 51.7 Å². The highest BCUT2D eigenvalue weighted by Crippen LogP contribution is 2.23. The largest absolute Gasteiger partial charge is 0.490 e. The van der Waals surface area contributed by atoms with Crippen LogP contribution in [0.4, 0.5) is 4.79 Å². The maximum atomic E-state index is 12.2. The Bertz CT molecular complexity index is 759. The number of aryl methyl sites for hydroxylation is 2. The van der Waals surface area contributed by atoms with Crippen LogP contribution in [-0.4, -0.2) is 45.8 Å². The van der Waals surface area contributed by atoms with Crippen molar-refractivity contribution >= 4 is 6.09 Å². The lowest BCUT2D eigenvalue weighted by molar-refractivity contribution is -0.0141. The van der Waals surface area contributed by atoms with Crippen LogP contribution in [0.15, 0.2) is 43.0 Å². The van der Waals surface area contributed by atoms with Crippen LogP contribution in [0, 0.1) is 0 Å². The van der Waals surface area contributed by atoms with E-state index in [2.05, 4.69) is 9.97 Å². The third kappa shape index (κ3) is 5.67. The quantitative estimate of drug-likeness (QED) is 0.778.